The van der Waals surface area contributed by atoms with Crippen LogP contribution in [-0.4, -0.2) is 48.6 Å². The summed E-state index contributed by atoms with van der Waals surface area (Å²) < 4.78 is 22.9. The lowest BCUT2D eigenvalue weighted by atomic mass is 9.90. The number of esters is 1. The van der Waals surface area contributed by atoms with Crippen molar-refractivity contribution in [3.8, 4) is 0 Å². The fourth-order valence-corrected chi connectivity index (χ4v) is 3.46. The first-order chi connectivity index (χ1) is 14.1. The highest BCUT2D eigenvalue weighted by Crippen LogP contribution is 2.30. The third-order valence-corrected chi connectivity index (χ3v) is 5.11. The van der Waals surface area contributed by atoms with Gasteiger partial charge in [-0.15, -0.1) is 9.24 Å². The maximum atomic E-state index is 12.5. The number of rotatable bonds is 8. The van der Waals surface area contributed by atoms with Crippen molar-refractivity contribution in [2.75, 3.05) is 13.0 Å². The molecule has 6 nitrogen and oxygen atoms in total. The van der Waals surface area contributed by atoms with E-state index in [1.807, 2.05) is 43.3 Å². The standard InChI is InChI=1S/C22H27O6P/c1-15-19(23)18(13-25-12-16-8-4-2-5-9-16)27-22(26-14-29)20(15)28-21(24)17-10-6-3-7-11-17/h2-11,15,18-20,22-23H,12-14,29H2,1H3/t15-,18?,19-,20?,22+/m0/s1. The highest BCUT2D eigenvalue weighted by Gasteiger charge is 2.45. The molecule has 29 heavy (non-hydrogen) atoms. The van der Waals surface area contributed by atoms with E-state index in [0.29, 0.717) is 18.5 Å². The highest BCUT2D eigenvalue weighted by molar-refractivity contribution is 7.16. The van der Waals surface area contributed by atoms with Gasteiger partial charge in [0.2, 0.25) is 0 Å². The maximum absolute atomic E-state index is 12.5. The lowest BCUT2D eigenvalue weighted by Crippen LogP contribution is -2.56. The molecule has 1 aliphatic heterocycles. The largest absolute Gasteiger partial charge is 0.453 e. The average molecular weight is 418 g/mol. The van der Waals surface area contributed by atoms with Crippen LogP contribution in [-0.2, 0) is 25.6 Å². The molecule has 1 heterocycles. The zero-order chi connectivity index (χ0) is 20.6. The van der Waals surface area contributed by atoms with Gasteiger partial charge < -0.3 is 24.1 Å². The van der Waals surface area contributed by atoms with E-state index in [4.69, 9.17) is 18.9 Å². The average Bonchev–Trinajstić information content (AvgIpc) is 2.75. The first kappa shape index (κ1) is 21.9. The van der Waals surface area contributed by atoms with Crippen LogP contribution >= 0.6 is 9.24 Å². The molecule has 0 saturated carbocycles. The van der Waals surface area contributed by atoms with Crippen LogP contribution in [0.5, 0.6) is 0 Å². The molecule has 2 aromatic carbocycles. The van der Waals surface area contributed by atoms with Crippen molar-refractivity contribution in [1.82, 2.24) is 0 Å². The second-order valence-electron chi connectivity index (χ2n) is 6.96. The molecule has 1 saturated heterocycles. The van der Waals surface area contributed by atoms with Crippen molar-refractivity contribution < 1.29 is 28.8 Å². The van der Waals surface area contributed by atoms with E-state index in [0.717, 1.165) is 5.56 Å². The summed E-state index contributed by atoms with van der Waals surface area (Å²) in [5, 5.41) is 10.7. The molecular weight excluding hydrogens is 391 g/mol. The van der Waals surface area contributed by atoms with Crippen molar-refractivity contribution in [2.24, 2.45) is 5.92 Å². The van der Waals surface area contributed by atoms with E-state index in [2.05, 4.69) is 9.24 Å². The van der Waals surface area contributed by atoms with E-state index in [1.165, 1.54) is 0 Å². The fraction of sp³-hybridized carbons (Fsp3) is 0.409. The van der Waals surface area contributed by atoms with Gasteiger partial charge >= 0.3 is 5.97 Å². The summed E-state index contributed by atoms with van der Waals surface area (Å²) in [5.74, 6) is -0.863. The molecule has 3 unspecified atom stereocenters. The molecule has 1 N–H and O–H groups in total. The summed E-state index contributed by atoms with van der Waals surface area (Å²) in [5.41, 5.74) is 1.48. The number of ether oxygens (including phenoxy) is 4. The Kier molecular flexibility index (Phi) is 8.16. The van der Waals surface area contributed by atoms with E-state index in [9.17, 15) is 9.90 Å². The molecule has 0 aromatic heterocycles. The van der Waals surface area contributed by atoms with Crippen LogP contribution < -0.4 is 0 Å². The number of carbonyl (C=O) groups excluding carboxylic acids is 1. The summed E-state index contributed by atoms with van der Waals surface area (Å²) in [6, 6.07) is 18.5. The van der Waals surface area contributed by atoms with Crippen molar-refractivity contribution in [2.45, 2.75) is 38.1 Å². The molecule has 7 heteroatoms. The number of aliphatic hydroxyl groups is 1. The number of benzene rings is 2. The fourth-order valence-electron chi connectivity index (χ4n) is 3.27. The van der Waals surface area contributed by atoms with Gasteiger partial charge in [0, 0.05) is 5.92 Å². The van der Waals surface area contributed by atoms with Crippen LogP contribution in [0.25, 0.3) is 0 Å². The first-order valence-electron chi connectivity index (χ1n) is 9.63. The molecular formula is C22H27O6P. The van der Waals surface area contributed by atoms with Gasteiger partial charge in [-0.05, 0) is 17.7 Å². The van der Waals surface area contributed by atoms with Crippen LogP contribution in [0, 0.1) is 5.92 Å². The summed E-state index contributed by atoms with van der Waals surface area (Å²) >= 11 is 0. The minimum atomic E-state index is -0.858. The van der Waals surface area contributed by atoms with Crippen LogP contribution in [0.3, 0.4) is 0 Å². The van der Waals surface area contributed by atoms with Crippen LogP contribution in [0.15, 0.2) is 60.7 Å². The lowest BCUT2D eigenvalue weighted by molar-refractivity contribution is -0.284. The molecule has 0 bridgehead atoms. The van der Waals surface area contributed by atoms with Crippen LogP contribution in [0.2, 0.25) is 0 Å². The third kappa shape index (κ3) is 5.84. The normalized spacial score (nSPS) is 26.8. The Morgan fingerprint density at radius 2 is 1.76 bits per heavy atom. The van der Waals surface area contributed by atoms with E-state index in [-0.39, 0.29) is 12.5 Å². The zero-order valence-corrected chi connectivity index (χ0v) is 17.5. The van der Waals surface area contributed by atoms with Gasteiger partial charge in [-0.2, -0.15) is 0 Å². The summed E-state index contributed by atoms with van der Waals surface area (Å²) in [4.78, 5) is 12.5. The molecule has 3 rings (SSSR count). The molecule has 6 atom stereocenters. The SMILES string of the molecule is C[C@@H]1C(OC(=O)c2ccccc2)[C@H](OCP)OC(COCc2ccccc2)[C@H]1O. The Labute approximate surface area is 173 Å². The van der Waals surface area contributed by atoms with Gasteiger partial charge in [-0.1, -0.05) is 55.5 Å². The molecule has 1 aliphatic rings. The lowest BCUT2D eigenvalue weighted by Gasteiger charge is -2.42. The minimum absolute atomic E-state index is 0.205. The van der Waals surface area contributed by atoms with Crippen molar-refractivity contribution in [3.63, 3.8) is 0 Å². The Morgan fingerprint density at radius 1 is 1.10 bits per heavy atom. The van der Waals surface area contributed by atoms with Gasteiger partial charge in [0.1, 0.15) is 6.10 Å². The molecule has 0 amide bonds. The number of carbonyl (C=O) groups is 1. The van der Waals surface area contributed by atoms with Gasteiger partial charge in [-0.3, -0.25) is 0 Å². The summed E-state index contributed by atoms with van der Waals surface area (Å²) in [6.45, 7) is 2.44. The second-order valence-corrected chi connectivity index (χ2v) is 7.30. The number of hydrogen-bond donors (Lipinski definition) is 1. The predicted octanol–water partition coefficient (Wildman–Crippen LogP) is 3.00. The minimum Gasteiger partial charge on any atom is -0.453 e. The molecule has 0 spiro atoms. The van der Waals surface area contributed by atoms with Crippen molar-refractivity contribution in [1.29, 1.82) is 0 Å². The van der Waals surface area contributed by atoms with Crippen molar-refractivity contribution >= 4 is 15.2 Å². The highest BCUT2D eigenvalue weighted by atomic mass is 31.0. The molecule has 1 fully saturated rings. The van der Waals surface area contributed by atoms with E-state index >= 15 is 0 Å². The Bertz CT molecular complexity index is 756. The van der Waals surface area contributed by atoms with Gasteiger partial charge in [0.15, 0.2) is 12.4 Å². The Balaban J connectivity index is 1.62. The van der Waals surface area contributed by atoms with E-state index < -0.39 is 30.6 Å². The topological polar surface area (TPSA) is 74.2 Å². The van der Waals surface area contributed by atoms with Gasteiger partial charge in [-0.25, -0.2) is 4.79 Å². The van der Waals surface area contributed by atoms with Crippen molar-refractivity contribution in [3.05, 3.63) is 71.8 Å². The third-order valence-electron chi connectivity index (χ3n) is 4.92. The predicted molar refractivity (Wildman–Crippen MR) is 111 cm³/mol. The summed E-state index contributed by atoms with van der Waals surface area (Å²) in [7, 11) is 2.46. The molecule has 156 valence electrons. The van der Waals surface area contributed by atoms with Crippen LogP contribution in [0.1, 0.15) is 22.8 Å². The van der Waals surface area contributed by atoms with E-state index in [1.54, 1.807) is 24.3 Å². The summed E-state index contributed by atoms with van der Waals surface area (Å²) in [6.07, 6.45) is -2.65. The zero-order valence-electron chi connectivity index (χ0n) is 16.3. The number of hydrogen-bond acceptors (Lipinski definition) is 6. The quantitative estimate of drug-likeness (QED) is 0.525. The smallest absolute Gasteiger partial charge is 0.338 e. The molecule has 0 radical (unpaired) electrons. The molecule has 0 aliphatic carbocycles. The molecule has 2 aromatic rings. The first-order valence-corrected chi connectivity index (χ1v) is 10.4. The van der Waals surface area contributed by atoms with Gasteiger partial charge in [0.05, 0.1) is 31.2 Å². The van der Waals surface area contributed by atoms with Crippen LogP contribution in [0.4, 0.5) is 0 Å². The number of aliphatic hydroxyl groups excluding tert-OH is 1. The Hall–Kier alpha value is -1.82. The maximum Gasteiger partial charge on any atom is 0.338 e. The second kappa shape index (κ2) is 10.8. The monoisotopic (exact) mass is 418 g/mol. The Morgan fingerprint density at radius 3 is 2.41 bits per heavy atom. The van der Waals surface area contributed by atoms with Gasteiger partial charge in [0.25, 0.3) is 0 Å².